The Morgan fingerprint density at radius 1 is 1.27 bits per heavy atom. The van der Waals surface area contributed by atoms with Gasteiger partial charge in [-0.25, -0.2) is 15.0 Å². The molecule has 0 radical (unpaired) electrons. The molecule has 1 aliphatic heterocycles. The fourth-order valence-electron chi connectivity index (χ4n) is 2.79. The number of hydrogen-bond acceptors (Lipinski definition) is 6. The van der Waals surface area contributed by atoms with E-state index in [4.69, 9.17) is 0 Å². The molecule has 1 atom stereocenters. The van der Waals surface area contributed by atoms with Gasteiger partial charge in [-0.2, -0.15) is 5.26 Å². The zero-order valence-electron chi connectivity index (χ0n) is 12.6. The van der Waals surface area contributed by atoms with Crippen LogP contribution in [0.5, 0.6) is 0 Å². The molecule has 2 aromatic heterocycles. The summed E-state index contributed by atoms with van der Waals surface area (Å²) in [7, 11) is 2.09. The molecule has 3 heterocycles. The van der Waals surface area contributed by atoms with Gasteiger partial charge in [-0.3, -0.25) is 4.90 Å². The normalized spacial score (nSPS) is 17.7. The average molecular weight is 294 g/mol. The molecule has 1 unspecified atom stereocenters. The quantitative estimate of drug-likeness (QED) is 0.850. The van der Waals surface area contributed by atoms with E-state index in [-0.39, 0.29) is 0 Å². The molecule has 6 heteroatoms. The molecular formula is C16H18N6. The van der Waals surface area contributed by atoms with Crippen molar-refractivity contribution in [2.45, 2.75) is 19.0 Å². The molecular weight excluding hydrogens is 276 g/mol. The van der Waals surface area contributed by atoms with E-state index in [0.717, 1.165) is 37.7 Å². The molecule has 0 aliphatic carbocycles. The van der Waals surface area contributed by atoms with Crippen LogP contribution >= 0.6 is 0 Å². The molecule has 2 aromatic rings. The summed E-state index contributed by atoms with van der Waals surface area (Å²) >= 11 is 0. The molecule has 1 aliphatic rings. The lowest BCUT2D eigenvalue weighted by Crippen LogP contribution is -2.35. The Balaban J connectivity index is 1.66. The van der Waals surface area contributed by atoms with Gasteiger partial charge in [0.25, 0.3) is 0 Å². The zero-order valence-corrected chi connectivity index (χ0v) is 12.6. The van der Waals surface area contributed by atoms with Crippen LogP contribution in [0.4, 0.5) is 5.82 Å². The van der Waals surface area contributed by atoms with E-state index in [1.165, 1.54) is 0 Å². The minimum Gasteiger partial charge on any atom is -0.354 e. The lowest BCUT2D eigenvalue weighted by molar-refractivity contribution is 0.244. The second kappa shape index (κ2) is 6.50. The van der Waals surface area contributed by atoms with E-state index < -0.39 is 0 Å². The van der Waals surface area contributed by atoms with Gasteiger partial charge < -0.3 is 4.90 Å². The molecule has 0 saturated carbocycles. The highest BCUT2D eigenvalue weighted by molar-refractivity contribution is 5.54. The largest absolute Gasteiger partial charge is 0.354 e. The average Bonchev–Trinajstić information content (AvgIpc) is 3.05. The second-order valence-electron chi connectivity index (χ2n) is 5.46. The highest BCUT2D eigenvalue weighted by Gasteiger charge is 2.28. The van der Waals surface area contributed by atoms with Crippen molar-refractivity contribution in [3.63, 3.8) is 0 Å². The van der Waals surface area contributed by atoms with Gasteiger partial charge in [0.2, 0.25) is 0 Å². The minimum atomic E-state index is 0.414. The number of aromatic nitrogens is 3. The third-order valence-corrected chi connectivity index (χ3v) is 4.00. The maximum Gasteiger partial charge on any atom is 0.146 e. The summed E-state index contributed by atoms with van der Waals surface area (Å²) in [6, 6.07) is 8.07. The van der Waals surface area contributed by atoms with Crippen LogP contribution in [0.2, 0.25) is 0 Å². The van der Waals surface area contributed by atoms with Crippen LogP contribution in [0.25, 0.3) is 0 Å². The van der Waals surface area contributed by atoms with Crippen molar-refractivity contribution in [3.05, 3.63) is 48.2 Å². The van der Waals surface area contributed by atoms with Crippen LogP contribution in [0, 0.1) is 11.3 Å². The van der Waals surface area contributed by atoms with E-state index >= 15 is 0 Å². The first-order chi connectivity index (χ1) is 10.8. The maximum absolute atomic E-state index is 9.21. The van der Waals surface area contributed by atoms with Crippen molar-refractivity contribution < 1.29 is 0 Å². The Kier molecular flexibility index (Phi) is 4.26. The second-order valence-corrected chi connectivity index (χ2v) is 5.46. The van der Waals surface area contributed by atoms with E-state index in [9.17, 15) is 5.26 Å². The third kappa shape index (κ3) is 3.05. The number of likely N-dealkylation sites (N-methyl/N-ethyl adjacent to an activating group) is 1. The number of nitriles is 1. The summed E-state index contributed by atoms with van der Waals surface area (Å²) in [6.45, 7) is 2.51. The van der Waals surface area contributed by atoms with E-state index in [1.807, 2.05) is 12.1 Å². The van der Waals surface area contributed by atoms with Gasteiger partial charge >= 0.3 is 0 Å². The predicted molar refractivity (Wildman–Crippen MR) is 83.1 cm³/mol. The first-order valence-electron chi connectivity index (χ1n) is 7.34. The lowest BCUT2D eigenvalue weighted by Gasteiger charge is -2.24. The summed E-state index contributed by atoms with van der Waals surface area (Å²) in [5.41, 5.74) is 0.636. The first kappa shape index (κ1) is 14.4. The van der Waals surface area contributed by atoms with Crippen LogP contribution in [0.15, 0.2) is 36.8 Å². The van der Waals surface area contributed by atoms with E-state index in [0.29, 0.717) is 11.6 Å². The highest BCUT2D eigenvalue weighted by atomic mass is 15.3. The van der Waals surface area contributed by atoms with Crippen molar-refractivity contribution in [1.82, 2.24) is 19.9 Å². The van der Waals surface area contributed by atoms with E-state index in [2.05, 4.69) is 37.9 Å². The summed E-state index contributed by atoms with van der Waals surface area (Å²) in [5.74, 6) is 1.62. The van der Waals surface area contributed by atoms with Crippen molar-refractivity contribution in [1.29, 1.82) is 5.26 Å². The summed E-state index contributed by atoms with van der Waals surface area (Å²) in [6.07, 6.45) is 6.32. The predicted octanol–water partition coefficient (Wildman–Crippen LogP) is 1.45. The Morgan fingerprint density at radius 2 is 2.05 bits per heavy atom. The van der Waals surface area contributed by atoms with Gasteiger partial charge in [-0.1, -0.05) is 0 Å². The SMILES string of the molecule is CN(Cc1ncccn1)C1CCN(c2ncccc2C#N)C1. The van der Waals surface area contributed by atoms with E-state index in [1.54, 1.807) is 24.7 Å². The topological polar surface area (TPSA) is 68.9 Å². The summed E-state index contributed by atoms with van der Waals surface area (Å²) < 4.78 is 0. The van der Waals surface area contributed by atoms with Crippen LogP contribution in [0.3, 0.4) is 0 Å². The minimum absolute atomic E-state index is 0.414. The Hall–Kier alpha value is -2.52. The first-order valence-corrected chi connectivity index (χ1v) is 7.34. The number of rotatable bonds is 4. The van der Waals surface area contributed by atoms with Gasteiger partial charge in [0.05, 0.1) is 12.1 Å². The molecule has 112 valence electrons. The van der Waals surface area contributed by atoms with Crippen molar-refractivity contribution >= 4 is 5.82 Å². The molecule has 1 fully saturated rings. The number of anilines is 1. The van der Waals surface area contributed by atoms with Gasteiger partial charge in [0.15, 0.2) is 0 Å². The van der Waals surface area contributed by atoms with Gasteiger partial charge in [0, 0.05) is 37.7 Å². The summed E-state index contributed by atoms with van der Waals surface area (Å²) in [4.78, 5) is 17.4. The molecule has 0 spiro atoms. The maximum atomic E-state index is 9.21. The fraction of sp³-hybridized carbons (Fsp3) is 0.375. The van der Waals surface area contributed by atoms with Crippen molar-refractivity contribution in [3.8, 4) is 6.07 Å². The zero-order chi connectivity index (χ0) is 15.4. The molecule has 0 bridgehead atoms. The Morgan fingerprint density at radius 3 is 2.82 bits per heavy atom. The van der Waals surface area contributed by atoms with Crippen LogP contribution < -0.4 is 4.90 Å². The molecule has 3 rings (SSSR count). The smallest absolute Gasteiger partial charge is 0.146 e. The third-order valence-electron chi connectivity index (χ3n) is 4.00. The monoisotopic (exact) mass is 294 g/mol. The standard InChI is InChI=1S/C16H18N6/c1-21(12-15-18-7-3-8-19-15)14-5-9-22(11-14)16-13(10-17)4-2-6-20-16/h2-4,6-8,14H,5,9,11-12H2,1H3. The van der Waals surface area contributed by atoms with Crippen molar-refractivity contribution in [2.24, 2.45) is 0 Å². The Labute approximate surface area is 130 Å². The van der Waals surface area contributed by atoms with Gasteiger partial charge in [-0.05, 0) is 31.7 Å². The van der Waals surface area contributed by atoms with Crippen LogP contribution in [-0.2, 0) is 6.54 Å². The molecule has 22 heavy (non-hydrogen) atoms. The number of nitrogens with zero attached hydrogens (tertiary/aromatic N) is 6. The number of pyridine rings is 1. The molecule has 1 saturated heterocycles. The lowest BCUT2D eigenvalue weighted by atomic mass is 10.2. The van der Waals surface area contributed by atoms with Crippen molar-refractivity contribution in [2.75, 3.05) is 25.0 Å². The molecule has 6 nitrogen and oxygen atoms in total. The van der Waals surface area contributed by atoms with Gasteiger partial charge in [0.1, 0.15) is 17.7 Å². The number of hydrogen-bond donors (Lipinski definition) is 0. The fourth-order valence-corrected chi connectivity index (χ4v) is 2.79. The molecule has 0 aromatic carbocycles. The van der Waals surface area contributed by atoms with Gasteiger partial charge in [-0.15, -0.1) is 0 Å². The summed E-state index contributed by atoms with van der Waals surface area (Å²) in [5, 5.41) is 9.21. The molecule has 0 amide bonds. The Bertz CT molecular complexity index is 666. The van der Waals surface area contributed by atoms with Crippen LogP contribution in [-0.4, -0.2) is 46.0 Å². The highest BCUT2D eigenvalue weighted by Crippen LogP contribution is 2.23. The molecule has 0 N–H and O–H groups in total. The van der Waals surface area contributed by atoms with Crippen LogP contribution in [0.1, 0.15) is 17.8 Å².